The molecule has 1 aliphatic rings. The molecule has 1 heterocycles. The van der Waals surface area contributed by atoms with Crippen molar-refractivity contribution in [2.45, 2.75) is 26.1 Å². The van der Waals surface area contributed by atoms with Gasteiger partial charge in [-0.2, -0.15) is 0 Å². The van der Waals surface area contributed by atoms with E-state index in [1.807, 2.05) is 7.05 Å². The van der Waals surface area contributed by atoms with Crippen LogP contribution in [-0.4, -0.2) is 49.6 Å². The molecule has 1 aromatic carbocycles. The Bertz CT molecular complexity index is 361. The maximum absolute atomic E-state index is 3.18. The number of benzene rings is 1. The molecule has 18 heavy (non-hydrogen) atoms. The molecule has 0 aliphatic carbocycles. The molecule has 1 atom stereocenters. The number of nitrogens with one attached hydrogen (secondary N) is 1. The zero-order valence-electron chi connectivity index (χ0n) is 11.8. The van der Waals surface area contributed by atoms with Gasteiger partial charge in [0, 0.05) is 38.8 Å². The van der Waals surface area contributed by atoms with E-state index in [9.17, 15) is 0 Å². The first-order valence-electron chi connectivity index (χ1n) is 6.84. The van der Waals surface area contributed by atoms with Gasteiger partial charge in [0.05, 0.1) is 0 Å². The largest absolute Gasteiger partial charge is 0.316 e. The van der Waals surface area contributed by atoms with E-state index in [0.717, 1.165) is 13.1 Å². The van der Waals surface area contributed by atoms with E-state index in [4.69, 9.17) is 0 Å². The fourth-order valence-corrected chi connectivity index (χ4v) is 2.61. The summed E-state index contributed by atoms with van der Waals surface area (Å²) in [6.07, 6.45) is 0. The Morgan fingerprint density at radius 2 is 1.83 bits per heavy atom. The summed E-state index contributed by atoms with van der Waals surface area (Å²) in [4.78, 5) is 4.99. The molecule has 0 aromatic heterocycles. The highest BCUT2D eigenvalue weighted by Crippen LogP contribution is 2.13. The lowest BCUT2D eigenvalue weighted by molar-refractivity contribution is 0.0938. The second kappa shape index (κ2) is 6.32. The Balaban J connectivity index is 1.92. The molecular weight excluding hydrogens is 222 g/mol. The van der Waals surface area contributed by atoms with Crippen LogP contribution in [0.25, 0.3) is 0 Å². The standard InChI is InChI=1S/C15H25N3/c1-13-11-17(3)8-9-18(13)12-15-6-4-14(5-7-15)10-16-2/h4-7,13,16H,8-12H2,1-3H3. The van der Waals surface area contributed by atoms with Crippen LogP contribution in [-0.2, 0) is 13.1 Å². The van der Waals surface area contributed by atoms with Crippen LogP contribution in [0.3, 0.4) is 0 Å². The predicted molar refractivity (Wildman–Crippen MR) is 76.6 cm³/mol. The van der Waals surface area contributed by atoms with Crippen LogP contribution in [0.2, 0.25) is 0 Å². The summed E-state index contributed by atoms with van der Waals surface area (Å²) < 4.78 is 0. The average molecular weight is 247 g/mol. The monoisotopic (exact) mass is 247 g/mol. The molecule has 1 fully saturated rings. The van der Waals surface area contributed by atoms with Crippen molar-refractivity contribution in [3.05, 3.63) is 35.4 Å². The van der Waals surface area contributed by atoms with E-state index in [1.54, 1.807) is 0 Å². The molecule has 0 saturated carbocycles. The molecule has 2 rings (SSSR count). The first kappa shape index (κ1) is 13.5. The van der Waals surface area contributed by atoms with Crippen LogP contribution < -0.4 is 5.32 Å². The molecule has 3 nitrogen and oxygen atoms in total. The van der Waals surface area contributed by atoms with Gasteiger partial charge in [0.15, 0.2) is 0 Å². The molecule has 0 bridgehead atoms. The highest BCUT2D eigenvalue weighted by Gasteiger charge is 2.20. The van der Waals surface area contributed by atoms with Gasteiger partial charge in [0.2, 0.25) is 0 Å². The Morgan fingerprint density at radius 1 is 1.17 bits per heavy atom. The molecule has 0 radical (unpaired) electrons. The smallest absolute Gasteiger partial charge is 0.0237 e. The molecule has 0 amide bonds. The van der Waals surface area contributed by atoms with Gasteiger partial charge in [-0.1, -0.05) is 24.3 Å². The van der Waals surface area contributed by atoms with Gasteiger partial charge in [0.1, 0.15) is 0 Å². The van der Waals surface area contributed by atoms with Crippen LogP contribution in [0.1, 0.15) is 18.1 Å². The van der Waals surface area contributed by atoms with Gasteiger partial charge in [-0.3, -0.25) is 4.90 Å². The van der Waals surface area contributed by atoms with Crippen LogP contribution in [0.5, 0.6) is 0 Å². The predicted octanol–water partition coefficient (Wildman–Crippen LogP) is 1.54. The fraction of sp³-hybridized carbons (Fsp3) is 0.600. The maximum atomic E-state index is 3.18. The normalized spacial score (nSPS) is 22.3. The van der Waals surface area contributed by atoms with Crippen LogP contribution in [0.15, 0.2) is 24.3 Å². The molecule has 1 saturated heterocycles. The van der Waals surface area contributed by atoms with Gasteiger partial charge in [0.25, 0.3) is 0 Å². The number of nitrogens with zero attached hydrogens (tertiary/aromatic N) is 2. The second-order valence-corrected chi connectivity index (χ2v) is 5.43. The lowest BCUT2D eigenvalue weighted by atomic mass is 10.1. The van der Waals surface area contributed by atoms with Gasteiger partial charge < -0.3 is 10.2 Å². The Labute approximate surface area is 111 Å². The summed E-state index contributed by atoms with van der Waals surface area (Å²) in [6.45, 7) is 7.89. The third kappa shape index (κ3) is 3.55. The van der Waals surface area contributed by atoms with Crippen molar-refractivity contribution in [1.29, 1.82) is 0 Å². The topological polar surface area (TPSA) is 18.5 Å². The highest BCUT2D eigenvalue weighted by molar-refractivity contribution is 5.22. The second-order valence-electron chi connectivity index (χ2n) is 5.43. The number of hydrogen-bond donors (Lipinski definition) is 1. The number of hydrogen-bond acceptors (Lipinski definition) is 3. The van der Waals surface area contributed by atoms with Crippen molar-refractivity contribution >= 4 is 0 Å². The first-order valence-corrected chi connectivity index (χ1v) is 6.84. The first-order chi connectivity index (χ1) is 8.69. The summed E-state index contributed by atoms with van der Waals surface area (Å²) in [7, 11) is 4.19. The summed E-state index contributed by atoms with van der Waals surface area (Å²) >= 11 is 0. The highest BCUT2D eigenvalue weighted by atomic mass is 15.3. The van der Waals surface area contributed by atoms with E-state index < -0.39 is 0 Å². The third-order valence-electron chi connectivity index (χ3n) is 3.76. The zero-order chi connectivity index (χ0) is 13.0. The molecule has 3 heteroatoms. The quantitative estimate of drug-likeness (QED) is 0.871. The molecule has 1 N–H and O–H groups in total. The van der Waals surface area contributed by atoms with Gasteiger partial charge in [-0.15, -0.1) is 0 Å². The number of likely N-dealkylation sites (N-methyl/N-ethyl adjacent to an activating group) is 1. The van der Waals surface area contributed by atoms with E-state index in [0.29, 0.717) is 6.04 Å². The summed E-state index contributed by atoms with van der Waals surface area (Å²) in [5.41, 5.74) is 2.78. The molecule has 1 unspecified atom stereocenters. The zero-order valence-corrected chi connectivity index (χ0v) is 11.8. The van der Waals surface area contributed by atoms with Crippen LogP contribution >= 0.6 is 0 Å². The van der Waals surface area contributed by atoms with Crippen molar-refractivity contribution in [3.8, 4) is 0 Å². The van der Waals surface area contributed by atoms with Gasteiger partial charge in [-0.25, -0.2) is 0 Å². The Hall–Kier alpha value is -0.900. The van der Waals surface area contributed by atoms with Gasteiger partial charge in [-0.05, 0) is 32.1 Å². The molecule has 1 aliphatic heterocycles. The Kier molecular flexibility index (Phi) is 4.75. The number of rotatable bonds is 4. The minimum atomic E-state index is 0.653. The fourth-order valence-electron chi connectivity index (χ4n) is 2.61. The summed E-state index contributed by atoms with van der Waals surface area (Å²) in [5.74, 6) is 0. The summed E-state index contributed by atoms with van der Waals surface area (Å²) in [6, 6.07) is 9.63. The van der Waals surface area contributed by atoms with E-state index in [-0.39, 0.29) is 0 Å². The van der Waals surface area contributed by atoms with Crippen molar-refractivity contribution in [3.63, 3.8) is 0 Å². The van der Waals surface area contributed by atoms with Gasteiger partial charge >= 0.3 is 0 Å². The van der Waals surface area contributed by atoms with Crippen molar-refractivity contribution in [1.82, 2.24) is 15.1 Å². The molecular formula is C15H25N3. The van der Waals surface area contributed by atoms with Crippen molar-refractivity contribution < 1.29 is 0 Å². The maximum Gasteiger partial charge on any atom is 0.0237 e. The van der Waals surface area contributed by atoms with Crippen LogP contribution in [0, 0.1) is 0 Å². The van der Waals surface area contributed by atoms with E-state index >= 15 is 0 Å². The molecule has 1 aromatic rings. The summed E-state index contributed by atoms with van der Waals surface area (Å²) in [5, 5.41) is 3.18. The lowest BCUT2D eigenvalue weighted by Gasteiger charge is -2.38. The minimum absolute atomic E-state index is 0.653. The van der Waals surface area contributed by atoms with Crippen molar-refractivity contribution in [2.75, 3.05) is 33.7 Å². The molecule has 100 valence electrons. The minimum Gasteiger partial charge on any atom is -0.316 e. The Morgan fingerprint density at radius 3 is 2.44 bits per heavy atom. The SMILES string of the molecule is CNCc1ccc(CN2CCN(C)CC2C)cc1. The van der Waals surface area contributed by atoms with Crippen LogP contribution in [0.4, 0.5) is 0 Å². The third-order valence-corrected chi connectivity index (χ3v) is 3.76. The molecule has 0 spiro atoms. The van der Waals surface area contributed by atoms with E-state index in [2.05, 4.69) is 53.4 Å². The van der Waals surface area contributed by atoms with E-state index in [1.165, 1.54) is 30.8 Å². The van der Waals surface area contributed by atoms with Crippen molar-refractivity contribution in [2.24, 2.45) is 0 Å². The number of piperazine rings is 1. The average Bonchev–Trinajstić information content (AvgIpc) is 2.35. The lowest BCUT2D eigenvalue weighted by Crippen LogP contribution is -2.49.